The Morgan fingerprint density at radius 1 is 1.17 bits per heavy atom. The molecule has 1 aliphatic heterocycles. The van der Waals surface area contributed by atoms with Crippen molar-refractivity contribution >= 4 is 29.4 Å². The van der Waals surface area contributed by atoms with Crippen LogP contribution in [-0.2, 0) is 31.7 Å². The first-order valence-electron chi connectivity index (χ1n) is 14.8. The summed E-state index contributed by atoms with van der Waals surface area (Å²) >= 11 is 0. The SMILES string of the molecule is Cc1cc(C(=O)Nc2cc(C(F)(F)F)cn([C@@H](Cc3ccccc3)C(=O)N[C@H](/C=C/C(=O)OC(C)C)C[C@@H]3CCNC3=O)c2=O)no1. The molecule has 1 aromatic carbocycles. The maximum Gasteiger partial charge on any atom is 0.417 e. The number of rotatable bonds is 12. The summed E-state index contributed by atoms with van der Waals surface area (Å²) in [6.45, 7) is 5.22. The highest BCUT2D eigenvalue weighted by Gasteiger charge is 2.35. The Balaban J connectivity index is 1.75. The van der Waals surface area contributed by atoms with Gasteiger partial charge in [-0.2, -0.15) is 13.2 Å². The Labute approximate surface area is 267 Å². The molecule has 0 unspecified atom stereocenters. The van der Waals surface area contributed by atoms with Crippen LogP contribution in [0.3, 0.4) is 0 Å². The average molecular weight is 658 g/mol. The molecule has 1 saturated heterocycles. The summed E-state index contributed by atoms with van der Waals surface area (Å²) in [6, 6.07) is 7.52. The van der Waals surface area contributed by atoms with Crippen LogP contribution in [0, 0.1) is 12.8 Å². The van der Waals surface area contributed by atoms with Gasteiger partial charge in [-0.05, 0) is 45.2 Å². The van der Waals surface area contributed by atoms with Crippen LogP contribution in [-0.4, -0.2) is 52.1 Å². The number of hydrogen-bond acceptors (Lipinski definition) is 8. The van der Waals surface area contributed by atoms with Gasteiger partial charge >= 0.3 is 12.1 Å². The molecule has 1 fully saturated rings. The Bertz CT molecular complexity index is 1700. The van der Waals surface area contributed by atoms with Crippen LogP contribution < -0.4 is 21.5 Å². The van der Waals surface area contributed by atoms with Crippen molar-refractivity contribution in [3.8, 4) is 0 Å². The van der Waals surface area contributed by atoms with E-state index in [1.807, 2.05) is 0 Å². The van der Waals surface area contributed by atoms with Crippen LogP contribution in [0.2, 0.25) is 0 Å². The van der Waals surface area contributed by atoms with E-state index in [4.69, 9.17) is 9.26 Å². The summed E-state index contributed by atoms with van der Waals surface area (Å²) in [5.74, 6) is -3.08. The van der Waals surface area contributed by atoms with E-state index >= 15 is 0 Å². The molecule has 15 heteroatoms. The normalized spacial score (nSPS) is 16.1. The fourth-order valence-corrected chi connectivity index (χ4v) is 5.00. The molecule has 3 amide bonds. The Hall–Kier alpha value is -5.21. The van der Waals surface area contributed by atoms with E-state index < -0.39 is 64.9 Å². The first-order chi connectivity index (χ1) is 22.2. The van der Waals surface area contributed by atoms with Gasteiger partial charge in [0, 0.05) is 43.3 Å². The van der Waals surface area contributed by atoms with Crippen LogP contribution in [0.4, 0.5) is 18.9 Å². The van der Waals surface area contributed by atoms with Gasteiger partial charge in [0.05, 0.1) is 11.7 Å². The molecule has 3 aromatic rings. The number of nitrogens with zero attached hydrogens (tertiary/aromatic N) is 2. The molecule has 12 nitrogen and oxygen atoms in total. The monoisotopic (exact) mass is 657 g/mol. The predicted molar refractivity (Wildman–Crippen MR) is 162 cm³/mol. The molecule has 0 aliphatic carbocycles. The standard InChI is InChI=1S/C32H34F3N5O7/c1-18(2)46-27(41)10-9-23(15-21-11-12-36-28(21)42)37-30(44)26(14-20-7-5-4-6-8-20)40-17-22(32(33,34)35)16-25(31(40)45)38-29(43)24-13-19(3)47-39-24/h4-10,13,16-18,21,23,26H,11-12,14-15H2,1-3H3,(H,36,42)(H,37,44)(H,38,43)/b10-9+/t21-,23+,26-/m0/s1. The highest BCUT2D eigenvalue weighted by molar-refractivity contribution is 6.02. The summed E-state index contributed by atoms with van der Waals surface area (Å²) in [4.78, 5) is 65.1. The molecule has 4 rings (SSSR count). The number of anilines is 1. The molecule has 2 aromatic heterocycles. The number of carbonyl (C=O) groups is 4. The number of benzene rings is 1. The van der Waals surface area contributed by atoms with Gasteiger partial charge in [0.15, 0.2) is 5.69 Å². The zero-order valence-electron chi connectivity index (χ0n) is 25.8. The number of pyridine rings is 1. The fraction of sp³-hybridized carbons (Fsp3) is 0.375. The van der Waals surface area contributed by atoms with Gasteiger partial charge in [-0.1, -0.05) is 41.6 Å². The maximum atomic E-state index is 14.1. The second-order valence-electron chi connectivity index (χ2n) is 11.3. The molecule has 250 valence electrons. The van der Waals surface area contributed by atoms with E-state index in [-0.39, 0.29) is 30.2 Å². The van der Waals surface area contributed by atoms with Gasteiger partial charge < -0.3 is 29.8 Å². The smallest absolute Gasteiger partial charge is 0.417 e. The lowest BCUT2D eigenvalue weighted by Gasteiger charge is -2.25. The highest BCUT2D eigenvalue weighted by Crippen LogP contribution is 2.31. The Kier molecular flexibility index (Phi) is 11.0. The summed E-state index contributed by atoms with van der Waals surface area (Å²) in [7, 11) is 0. The van der Waals surface area contributed by atoms with Gasteiger partial charge in [-0.3, -0.25) is 19.2 Å². The molecule has 0 bridgehead atoms. The number of nitrogens with one attached hydrogen (secondary N) is 3. The van der Waals surface area contributed by atoms with Gasteiger partial charge in [0.1, 0.15) is 17.5 Å². The average Bonchev–Trinajstić information content (AvgIpc) is 3.62. The lowest BCUT2D eigenvalue weighted by Crippen LogP contribution is -2.44. The van der Waals surface area contributed by atoms with E-state index in [9.17, 15) is 37.1 Å². The van der Waals surface area contributed by atoms with Crippen LogP contribution in [0.25, 0.3) is 0 Å². The van der Waals surface area contributed by atoms with Gasteiger partial charge in [0.25, 0.3) is 11.5 Å². The first kappa shape index (κ1) is 34.7. The highest BCUT2D eigenvalue weighted by atomic mass is 19.4. The van der Waals surface area contributed by atoms with Crippen LogP contribution in [0.1, 0.15) is 60.1 Å². The van der Waals surface area contributed by atoms with Crippen LogP contribution in [0.5, 0.6) is 0 Å². The summed E-state index contributed by atoms with van der Waals surface area (Å²) in [5.41, 5.74) is -2.89. The number of amides is 3. The molecule has 1 aliphatic rings. The van der Waals surface area contributed by atoms with E-state index in [1.54, 1.807) is 44.2 Å². The van der Waals surface area contributed by atoms with Crippen molar-refractivity contribution in [1.29, 1.82) is 0 Å². The third kappa shape index (κ3) is 9.40. The number of alkyl halides is 3. The number of aryl methyl sites for hydroxylation is 1. The number of aromatic nitrogens is 2. The fourth-order valence-electron chi connectivity index (χ4n) is 5.00. The van der Waals surface area contributed by atoms with E-state index in [2.05, 4.69) is 21.1 Å². The van der Waals surface area contributed by atoms with E-state index in [0.29, 0.717) is 35.4 Å². The summed E-state index contributed by atoms with van der Waals surface area (Å²) in [6.07, 6.45) is -2.13. The lowest BCUT2D eigenvalue weighted by atomic mass is 9.97. The zero-order chi connectivity index (χ0) is 34.3. The molecule has 3 N–H and O–H groups in total. The molecular formula is C32H34F3N5O7. The summed E-state index contributed by atoms with van der Waals surface area (Å²) < 4.78 is 53.0. The topological polar surface area (TPSA) is 162 Å². The number of halogens is 3. The second-order valence-corrected chi connectivity index (χ2v) is 11.3. The Morgan fingerprint density at radius 3 is 2.49 bits per heavy atom. The Morgan fingerprint density at radius 2 is 1.89 bits per heavy atom. The van der Waals surface area contributed by atoms with Crippen molar-refractivity contribution < 1.29 is 41.6 Å². The van der Waals surface area contributed by atoms with Crippen molar-refractivity contribution in [3.05, 3.63) is 93.7 Å². The minimum atomic E-state index is -4.97. The lowest BCUT2D eigenvalue weighted by molar-refractivity contribution is -0.141. The predicted octanol–water partition coefficient (Wildman–Crippen LogP) is 3.72. The van der Waals surface area contributed by atoms with E-state index in [1.165, 1.54) is 19.1 Å². The third-order valence-electron chi connectivity index (χ3n) is 7.23. The molecule has 0 saturated carbocycles. The minimum Gasteiger partial charge on any atom is -0.460 e. The van der Waals surface area contributed by atoms with Crippen LogP contribution >= 0.6 is 0 Å². The van der Waals surface area contributed by atoms with Gasteiger partial charge in [0.2, 0.25) is 11.8 Å². The van der Waals surface area contributed by atoms with Gasteiger partial charge in [-0.15, -0.1) is 0 Å². The number of hydrogen-bond donors (Lipinski definition) is 3. The van der Waals surface area contributed by atoms with Gasteiger partial charge in [-0.25, -0.2) is 4.79 Å². The number of esters is 1. The number of ether oxygens (including phenoxy) is 1. The van der Waals surface area contributed by atoms with Crippen molar-refractivity contribution in [1.82, 2.24) is 20.4 Å². The molecular weight excluding hydrogens is 623 g/mol. The first-order valence-corrected chi connectivity index (χ1v) is 14.8. The van der Waals surface area contributed by atoms with Crippen molar-refractivity contribution in [3.63, 3.8) is 0 Å². The molecule has 3 atom stereocenters. The molecule has 47 heavy (non-hydrogen) atoms. The molecule has 0 radical (unpaired) electrons. The molecule has 0 spiro atoms. The third-order valence-corrected chi connectivity index (χ3v) is 7.23. The summed E-state index contributed by atoms with van der Waals surface area (Å²) in [5, 5.41) is 11.1. The zero-order valence-corrected chi connectivity index (χ0v) is 25.8. The van der Waals surface area contributed by atoms with Crippen molar-refractivity contribution in [2.45, 2.75) is 64.4 Å². The largest absolute Gasteiger partial charge is 0.460 e. The van der Waals surface area contributed by atoms with E-state index in [0.717, 1.165) is 6.08 Å². The maximum absolute atomic E-state index is 14.1. The van der Waals surface area contributed by atoms with Crippen molar-refractivity contribution in [2.24, 2.45) is 5.92 Å². The quantitative estimate of drug-likeness (QED) is 0.196. The second kappa shape index (κ2) is 14.9. The number of carbonyl (C=O) groups excluding carboxylic acids is 4. The minimum absolute atomic E-state index is 0.0665. The van der Waals surface area contributed by atoms with Crippen molar-refractivity contribution in [2.75, 3.05) is 11.9 Å². The molecule has 3 heterocycles. The van der Waals surface area contributed by atoms with Crippen LogP contribution in [0.15, 0.2) is 70.1 Å².